The maximum absolute atomic E-state index is 13.2. The largest absolute Gasteiger partial charge is 0.508 e. The first-order valence-electron chi connectivity index (χ1n) is 9.89. The third-order valence-corrected chi connectivity index (χ3v) is 5.30. The lowest BCUT2D eigenvalue weighted by Gasteiger charge is -2.39. The molecule has 1 fully saturated rings. The minimum absolute atomic E-state index is 0.0134. The van der Waals surface area contributed by atoms with Gasteiger partial charge in [0.25, 0.3) is 0 Å². The number of carbonyl (C=O) groups excluding carboxylic acids is 1. The molecule has 29 heavy (non-hydrogen) atoms. The van der Waals surface area contributed by atoms with Gasteiger partial charge in [0, 0.05) is 37.6 Å². The molecule has 1 atom stereocenters. The van der Waals surface area contributed by atoms with Crippen LogP contribution in [-0.2, 0) is 4.79 Å². The maximum atomic E-state index is 13.2. The standard InChI is InChI=1S/C24H25N3O2/c28-22-13-11-21(12-14-22)26-15-17-27(18-16-26)23(19-7-3-1-4-8-19)24(29)25-20-9-5-2-6-10-20/h1-14,23,28H,15-18H2,(H,25,29)/t23-/m1/s1. The average Bonchev–Trinajstić information content (AvgIpc) is 2.76. The van der Waals surface area contributed by atoms with Gasteiger partial charge >= 0.3 is 0 Å². The van der Waals surface area contributed by atoms with Crippen molar-refractivity contribution in [3.05, 3.63) is 90.5 Å². The summed E-state index contributed by atoms with van der Waals surface area (Å²) >= 11 is 0. The lowest BCUT2D eigenvalue weighted by Crippen LogP contribution is -2.50. The summed E-state index contributed by atoms with van der Waals surface area (Å²) in [7, 11) is 0. The highest BCUT2D eigenvalue weighted by molar-refractivity contribution is 5.95. The van der Waals surface area contributed by atoms with Crippen molar-refractivity contribution < 1.29 is 9.90 Å². The van der Waals surface area contributed by atoms with E-state index in [0.717, 1.165) is 43.1 Å². The van der Waals surface area contributed by atoms with Crippen LogP contribution in [0.15, 0.2) is 84.9 Å². The molecule has 1 heterocycles. The van der Waals surface area contributed by atoms with Crippen LogP contribution in [0.1, 0.15) is 11.6 Å². The number of anilines is 2. The number of para-hydroxylation sites is 1. The van der Waals surface area contributed by atoms with Crippen LogP contribution < -0.4 is 10.2 Å². The highest BCUT2D eigenvalue weighted by Gasteiger charge is 2.30. The van der Waals surface area contributed by atoms with Gasteiger partial charge in [-0.2, -0.15) is 0 Å². The molecule has 1 aliphatic rings. The van der Waals surface area contributed by atoms with Gasteiger partial charge in [-0.05, 0) is 42.0 Å². The zero-order chi connectivity index (χ0) is 20.1. The molecule has 148 valence electrons. The quantitative estimate of drug-likeness (QED) is 0.697. The van der Waals surface area contributed by atoms with Crippen molar-refractivity contribution >= 4 is 17.3 Å². The molecule has 1 aliphatic heterocycles. The fraction of sp³-hybridized carbons (Fsp3) is 0.208. The van der Waals surface area contributed by atoms with Crippen LogP contribution in [0.25, 0.3) is 0 Å². The van der Waals surface area contributed by atoms with E-state index in [9.17, 15) is 9.90 Å². The second-order valence-electron chi connectivity index (χ2n) is 7.21. The normalized spacial score (nSPS) is 15.7. The molecule has 5 nitrogen and oxygen atoms in total. The fourth-order valence-electron chi connectivity index (χ4n) is 3.80. The molecule has 2 N–H and O–H groups in total. The van der Waals surface area contributed by atoms with Crippen LogP contribution in [0.3, 0.4) is 0 Å². The maximum Gasteiger partial charge on any atom is 0.246 e. The van der Waals surface area contributed by atoms with Crippen LogP contribution in [0.5, 0.6) is 5.75 Å². The second kappa shape index (κ2) is 8.80. The molecule has 1 saturated heterocycles. The van der Waals surface area contributed by atoms with Crippen LogP contribution in [0.2, 0.25) is 0 Å². The number of phenols is 1. The summed E-state index contributed by atoms with van der Waals surface area (Å²) in [4.78, 5) is 17.7. The fourth-order valence-corrected chi connectivity index (χ4v) is 3.80. The zero-order valence-electron chi connectivity index (χ0n) is 16.2. The first-order chi connectivity index (χ1) is 14.2. The molecule has 0 saturated carbocycles. The number of rotatable bonds is 5. The smallest absolute Gasteiger partial charge is 0.246 e. The van der Waals surface area contributed by atoms with Gasteiger partial charge < -0.3 is 15.3 Å². The molecule has 0 radical (unpaired) electrons. The van der Waals surface area contributed by atoms with Crippen LogP contribution in [-0.4, -0.2) is 42.1 Å². The van der Waals surface area contributed by atoms with Crippen molar-refractivity contribution in [3.63, 3.8) is 0 Å². The second-order valence-corrected chi connectivity index (χ2v) is 7.21. The molecule has 0 spiro atoms. The van der Waals surface area contributed by atoms with Gasteiger partial charge in [-0.25, -0.2) is 0 Å². The third-order valence-electron chi connectivity index (χ3n) is 5.30. The summed E-state index contributed by atoms with van der Waals surface area (Å²) in [5.74, 6) is 0.259. The van der Waals surface area contributed by atoms with E-state index in [1.807, 2.05) is 72.8 Å². The minimum Gasteiger partial charge on any atom is -0.508 e. The van der Waals surface area contributed by atoms with Crippen molar-refractivity contribution in [2.75, 3.05) is 36.4 Å². The summed E-state index contributed by atoms with van der Waals surface area (Å²) in [5.41, 5.74) is 2.90. The van der Waals surface area contributed by atoms with E-state index >= 15 is 0 Å². The Kier molecular flexibility index (Phi) is 5.77. The Bertz CT molecular complexity index is 921. The van der Waals surface area contributed by atoms with Crippen molar-refractivity contribution in [2.24, 2.45) is 0 Å². The molecule has 3 aromatic carbocycles. The number of hydrogen-bond donors (Lipinski definition) is 2. The molecule has 4 rings (SSSR count). The number of aromatic hydroxyl groups is 1. The number of amides is 1. The number of nitrogens with one attached hydrogen (secondary N) is 1. The predicted molar refractivity (Wildman–Crippen MR) is 116 cm³/mol. The molecular formula is C24H25N3O2. The van der Waals surface area contributed by atoms with Crippen molar-refractivity contribution in [2.45, 2.75) is 6.04 Å². The van der Waals surface area contributed by atoms with E-state index in [0.29, 0.717) is 0 Å². The number of hydrogen-bond acceptors (Lipinski definition) is 4. The first-order valence-corrected chi connectivity index (χ1v) is 9.89. The molecule has 1 amide bonds. The SMILES string of the molecule is O=C(Nc1ccccc1)[C@@H](c1ccccc1)N1CCN(c2ccc(O)cc2)CC1. The summed E-state index contributed by atoms with van der Waals surface area (Å²) in [6.07, 6.45) is 0. The Morgan fingerprint density at radius 2 is 1.38 bits per heavy atom. The summed E-state index contributed by atoms with van der Waals surface area (Å²) in [5, 5.41) is 12.6. The van der Waals surface area contributed by atoms with E-state index in [1.54, 1.807) is 12.1 Å². The number of piperazine rings is 1. The molecule has 0 bridgehead atoms. The van der Waals surface area contributed by atoms with Gasteiger partial charge in [0.2, 0.25) is 5.91 Å². The van der Waals surface area contributed by atoms with Gasteiger partial charge in [0.1, 0.15) is 11.8 Å². The topological polar surface area (TPSA) is 55.8 Å². The molecule has 0 unspecified atom stereocenters. The van der Waals surface area contributed by atoms with Crippen molar-refractivity contribution in [1.82, 2.24) is 4.90 Å². The monoisotopic (exact) mass is 387 g/mol. The lowest BCUT2D eigenvalue weighted by atomic mass is 10.0. The Morgan fingerprint density at radius 1 is 0.793 bits per heavy atom. The summed E-state index contributed by atoms with van der Waals surface area (Å²) in [6, 6.07) is 26.5. The summed E-state index contributed by atoms with van der Waals surface area (Å²) in [6.45, 7) is 3.21. The zero-order valence-corrected chi connectivity index (χ0v) is 16.2. The Balaban J connectivity index is 1.50. The molecule has 0 aliphatic carbocycles. The van der Waals surface area contributed by atoms with Gasteiger partial charge in [-0.1, -0.05) is 48.5 Å². The van der Waals surface area contributed by atoms with Crippen LogP contribution >= 0.6 is 0 Å². The van der Waals surface area contributed by atoms with Gasteiger partial charge in [0.05, 0.1) is 0 Å². The van der Waals surface area contributed by atoms with Crippen LogP contribution in [0, 0.1) is 0 Å². The molecule has 0 aromatic heterocycles. The van der Waals surface area contributed by atoms with Crippen molar-refractivity contribution in [1.29, 1.82) is 0 Å². The highest BCUT2D eigenvalue weighted by Crippen LogP contribution is 2.26. The van der Waals surface area contributed by atoms with Gasteiger partial charge in [0.15, 0.2) is 0 Å². The average molecular weight is 387 g/mol. The number of benzene rings is 3. The van der Waals surface area contributed by atoms with Crippen molar-refractivity contribution in [3.8, 4) is 5.75 Å². The molecular weight excluding hydrogens is 362 g/mol. The minimum atomic E-state index is -0.335. The third kappa shape index (κ3) is 4.58. The Hall–Kier alpha value is -3.31. The molecule has 5 heteroatoms. The van der Waals surface area contributed by atoms with E-state index < -0.39 is 0 Å². The predicted octanol–water partition coefficient (Wildman–Crippen LogP) is 3.89. The number of phenolic OH excluding ortho intramolecular Hbond substituents is 1. The summed E-state index contributed by atoms with van der Waals surface area (Å²) < 4.78 is 0. The number of carbonyl (C=O) groups is 1. The van der Waals surface area contributed by atoms with E-state index in [-0.39, 0.29) is 17.7 Å². The lowest BCUT2D eigenvalue weighted by molar-refractivity contribution is -0.121. The van der Waals surface area contributed by atoms with Gasteiger partial charge in [-0.15, -0.1) is 0 Å². The first kappa shape index (κ1) is 19.0. The molecule has 3 aromatic rings. The van der Waals surface area contributed by atoms with E-state index in [2.05, 4.69) is 15.1 Å². The number of nitrogens with zero attached hydrogens (tertiary/aromatic N) is 2. The van der Waals surface area contributed by atoms with Gasteiger partial charge in [-0.3, -0.25) is 9.69 Å². The Labute approximate surface area is 171 Å². The van der Waals surface area contributed by atoms with E-state index in [1.165, 1.54) is 0 Å². The van der Waals surface area contributed by atoms with E-state index in [4.69, 9.17) is 0 Å². The highest BCUT2D eigenvalue weighted by atomic mass is 16.3. The van der Waals surface area contributed by atoms with Crippen LogP contribution in [0.4, 0.5) is 11.4 Å². The Morgan fingerprint density at radius 3 is 2.00 bits per heavy atom.